The van der Waals surface area contributed by atoms with Crippen molar-refractivity contribution in [2.24, 2.45) is 0 Å². The van der Waals surface area contributed by atoms with Crippen molar-refractivity contribution in [3.63, 3.8) is 0 Å². The Labute approximate surface area is 307 Å². The Balaban J connectivity index is 1.03. The number of morpholine rings is 2. The first kappa shape index (κ1) is 35.1. The van der Waals surface area contributed by atoms with Crippen LogP contribution in [0.2, 0.25) is 0 Å². The number of aromatic nitrogens is 2. The summed E-state index contributed by atoms with van der Waals surface area (Å²) in [6.07, 6.45) is 2.85. The van der Waals surface area contributed by atoms with Gasteiger partial charge < -0.3 is 28.6 Å². The lowest BCUT2D eigenvalue weighted by Gasteiger charge is -2.35. The van der Waals surface area contributed by atoms with Crippen LogP contribution in [0.25, 0.3) is 10.9 Å². The molecule has 3 fully saturated rings. The largest absolute Gasteiger partial charge is 0.493 e. The summed E-state index contributed by atoms with van der Waals surface area (Å²) in [6.45, 7) is 7.02. The molecule has 13 nitrogen and oxygen atoms in total. The number of hydrogen-bond acceptors (Lipinski definition) is 11. The van der Waals surface area contributed by atoms with E-state index in [1.54, 1.807) is 37.0 Å². The summed E-state index contributed by atoms with van der Waals surface area (Å²) in [5.41, 5.74) is 2.98. The minimum Gasteiger partial charge on any atom is -0.493 e. The van der Waals surface area contributed by atoms with Gasteiger partial charge in [-0.15, -0.1) is 0 Å². The Morgan fingerprint density at radius 2 is 1.60 bits per heavy atom. The van der Waals surface area contributed by atoms with Crippen LogP contribution in [-0.2, 0) is 28.9 Å². The van der Waals surface area contributed by atoms with Crippen molar-refractivity contribution in [1.82, 2.24) is 19.4 Å². The summed E-state index contributed by atoms with van der Waals surface area (Å²) in [4.78, 5) is 52.3. The first-order chi connectivity index (χ1) is 25.8. The molecule has 4 aromatic rings. The highest BCUT2D eigenvalue weighted by Crippen LogP contribution is 2.43. The summed E-state index contributed by atoms with van der Waals surface area (Å²) >= 11 is 0. The number of methoxy groups -OCH3 is 2. The van der Waals surface area contributed by atoms with Gasteiger partial charge in [-0.25, -0.2) is 4.98 Å². The maximum atomic E-state index is 14.2. The van der Waals surface area contributed by atoms with Crippen LogP contribution in [0.1, 0.15) is 44.9 Å². The minimum absolute atomic E-state index is 0.0540. The number of anilines is 1. The fourth-order valence-corrected chi connectivity index (χ4v) is 7.55. The number of imide groups is 1. The number of fused-ring (bicyclic) bond motifs is 2. The molecule has 0 unspecified atom stereocenters. The van der Waals surface area contributed by atoms with Gasteiger partial charge in [0.05, 0.1) is 61.7 Å². The Hall–Kier alpha value is -4.98. The second-order valence-electron chi connectivity index (χ2n) is 14.1. The van der Waals surface area contributed by atoms with Crippen molar-refractivity contribution >= 4 is 28.4 Å². The van der Waals surface area contributed by atoms with Crippen LogP contribution in [0, 0.1) is 0 Å². The number of aryl methyl sites for hydroxylation is 1. The topological polar surface area (TPSA) is 125 Å². The molecule has 0 atom stereocenters. The van der Waals surface area contributed by atoms with Crippen LogP contribution in [0.4, 0.5) is 5.69 Å². The molecule has 1 aromatic heterocycles. The third kappa shape index (κ3) is 7.20. The SMILES string of the molecule is COc1ccc(CCn2c(CCN3C(=O)c4ccc(OCCN5CCOCC5)cc4C3=O)nc3cc(N4CCOC5(CC5)C4)ccc3c2=O)cc1OC. The van der Waals surface area contributed by atoms with Crippen LogP contribution in [0.3, 0.4) is 0 Å². The van der Waals surface area contributed by atoms with Crippen LogP contribution in [-0.4, -0.2) is 117 Å². The zero-order valence-electron chi connectivity index (χ0n) is 30.3. The van der Waals surface area contributed by atoms with Gasteiger partial charge in [0, 0.05) is 57.9 Å². The number of carbonyl (C=O) groups is 2. The average Bonchev–Trinajstić information content (AvgIpc) is 3.89. The lowest BCUT2D eigenvalue weighted by molar-refractivity contribution is 0.0206. The number of benzene rings is 3. The summed E-state index contributed by atoms with van der Waals surface area (Å²) in [6, 6.07) is 16.6. The van der Waals surface area contributed by atoms with Crippen LogP contribution in [0.5, 0.6) is 17.2 Å². The zero-order chi connectivity index (χ0) is 36.5. The molecular formula is C40H45N5O8. The molecule has 3 aromatic carbocycles. The van der Waals surface area contributed by atoms with E-state index in [1.165, 1.54) is 4.90 Å². The molecule has 0 radical (unpaired) electrons. The smallest absolute Gasteiger partial charge is 0.261 e. The number of hydrogen-bond donors (Lipinski definition) is 0. The molecule has 0 bridgehead atoms. The summed E-state index contributed by atoms with van der Waals surface area (Å²) in [7, 11) is 3.18. The summed E-state index contributed by atoms with van der Waals surface area (Å²) in [5.74, 6) is 1.53. The predicted molar refractivity (Wildman–Crippen MR) is 198 cm³/mol. The first-order valence-corrected chi connectivity index (χ1v) is 18.4. The highest BCUT2D eigenvalue weighted by Gasteiger charge is 2.47. The molecule has 4 heterocycles. The average molecular weight is 724 g/mol. The molecule has 13 heteroatoms. The van der Waals surface area contributed by atoms with Gasteiger partial charge in [0.25, 0.3) is 17.4 Å². The quantitative estimate of drug-likeness (QED) is 0.188. The van der Waals surface area contributed by atoms with Gasteiger partial charge in [-0.1, -0.05) is 6.07 Å². The van der Waals surface area contributed by atoms with Gasteiger partial charge in [0.15, 0.2) is 11.5 Å². The van der Waals surface area contributed by atoms with Crippen molar-refractivity contribution in [2.75, 3.05) is 84.8 Å². The molecule has 1 spiro atoms. The van der Waals surface area contributed by atoms with Gasteiger partial charge >= 0.3 is 0 Å². The Bertz CT molecular complexity index is 2090. The van der Waals surface area contributed by atoms with E-state index in [4.69, 9.17) is 28.7 Å². The van der Waals surface area contributed by atoms with E-state index in [-0.39, 0.29) is 35.9 Å². The van der Waals surface area contributed by atoms with Crippen molar-refractivity contribution in [1.29, 1.82) is 0 Å². The molecule has 2 amide bonds. The second-order valence-corrected chi connectivity index (χ2v) is 14.1. The maximum Gasteiger partial charge on any atom is 0.261 e. The van der Waals surface area contributed by atoms with Gasteiger partial charge in [0.2, 0.25) is 0 Å². The molecule has 1 saturated carbocycles. The molecule has 53 heavy (non-hydrogen) atoms. The van der Waals surface area contributed by atoms with E-state index >= 15 is 0 Å². The molecule has 8 rings (SSSR count). The second kappa shape index (κ2) is 14.8. The fraction of sp³-hybridized carbons (Fsp3) is 0.450. The molecule has 2 saturated heterocycles. The van der Waals surface area contributed by atoms with Crippen molar-refractivity contribution in [3.05, 3.63) is 87.5 Å². The number of carbonyl (C=O) groups excluding carboxylic acids is 2. The normalized spacial score (nSPS) is 18.2. The predicted octanol–water partition coefficient (Wildman–Crippen LogP) is 3.58. The van der Waals surface area contributed by atoms with Gasteiger partial charge in [0.1, 0.15) is 18.2 Å². The zero-order valence-corrected chi connectivity index (χ0v) is 30.3. The molecule has 4 aliphatic rings. The third-order valence-corrected chi connectivity index (χ3v) is 10.8. The van der Waals surface area contributed by atoms with Crippen molar-refractivity contribution in [2.45, 2.75) is 37.8 Å². The maximum absolute atomic E-state index is 14.2. The number of rotatable bonds is 13. The molecule has 278 valence electrons. The van der Waals surface area contributed by atoms with E-state index < -0.39 is 0 Å². The monoisotopic (exact) mass is 723 g/mol. The number of amides is 2. The van der Waals surface area contributed by atoms with E-state index in [1.807, 2.05) is 36.4 Å². The Kier molecular flexibility index (Phi) is 9.80. The Morgan fingerprint density at radius 1 is 0.792 bits per heavy atom. The number of ether oxygens (including phenoxy) is 5. The van der Waals surface area contributed by atoms with Crippen LogP contribution < -0.4 is 24.7 Å². The van der Waals surface area contributed by atoms with Crippen LogP contribution >= 0.6 is 0 Å². The van der Waals surface area contributed by atoms with E-state index in [2.05, 4.69) is 9.80 Å². The highest BCUT2D eigenvalue weighted by molar-refractivity contribution is 6.21. The highest BCUT2D eigenvalue weighted by atomic mass is 16.5. The molecule has 0 N–H and O–H groups in total. The molecule has 1 aliphatic carbocycles. The fourth-order valence-electron chi connectivity index (χ4n) is 7.55. The van der Waals surface area contributed by atoms with E-state index in [9.17, 15) is 14.4 Å². The standard InChI is InChI=1S/C40H45N5O8/c1-49-34-8-3-27(23-35(34)50-2)9-13-44-36(41-33-24-28(4-6-31(33)38(44)47)43-18-22-53-40(26-43)11-12-40)10-14-45-37(46)30-7-5-29(25-32(30)39(45)48)52-21-17-42-15-19-51-20-16-42/h3-8,23-25H,9-22,26H2,1-2H3. The van der Waals surface area contributed by atoms with E-state index in [0.717, 1.165) is 56.8 Å². The minimum atomic E-state index is -0.382. The van der Waals surface area contributed by atoms with Crippen molar-refractivity contribution < 1.29 is 33.3 Å². The van der Waals surface area contributed by atoms with Crippen LogP contribution in [0.15, 0.2) is 59.4 Å². The third-order valence-electron chi connectivity index (χ3n) is 10.8. The first-order valence-electron chi connectivity index (χ1n) is 18.4. The lowest BCUT2D eigenvalue weighted by atomic mass is 10.1. The van der Waals surface area contributed by atoms with Crippen molar-refractivity contribution in [3.8, 4) is 17.2 Å². The molecular weight excluding hydrogens is 678 g/mol. The lowest BCUT2D eigenvalue weighted by Crippen LogP contribution is -2.44. The van der Waals surface area contributed by atoms with E-state index in [0.29, 0.717) is 84.5 Å². The Morgan fingerprint density at radius 3 is 2.40 bits per heavy atom. The summed E-state index contributed by atoms with van der Waals surface area (Å²) < 4.78 is 30.0. The summed E-state index contributed by atoms with van der Waals surface area (Å²) in [5, 5.41) is 0.515. The van der Waals surface area contributed by atoms with Gasteiger partial charge in [-0.2, -0.15) is 0 Å². The van der Waals surface area contributed by atoms with Gasteiger partial charge in [-0.05, 0) is 73.4 Å². The van der Waals surface area contributed by atoms with Gasteiger partial charge in [-0.3, -0.25) is 28.8 Å². The molecule has 3 aliphatic heterocycles. The number of nitrogens with zero attached hydrogens (tertiary/aromatic N) is 5.